The zero-order valence-electron chi connectivity index (χ0n) is 23.7. The summed E-state index contributed by atoms with van der Waals surface area (Å²) in [5.41, 5.74) is 2.34. The molecule has 0 spiro atoms. The van der Waals surface area contributed by atoms with Gasteiger partial charge < -0.3 is 0 Å². The van der Waals surface area contributed by atoms with Crippen LogP contribution in [0, 0.1) is 0 Å². The lowest BCUT2D eigenvalue weighted by atomic mass is 10.0. The number of unbranched alkanes of at least 4 members (excludes halogenated alkanes) is 15. The van der Waals surface area contributed by atoms with Gasteiger partial charge in [-0.05, 0) is 41.4 Å². The van der Waals surface area contributed by atoms with Gasteiger partial charge in [-0.15, -0.1) is 0 Å². The molecule has 0 aliphatic rings. The minimum atomic E-state index is 0.263. The van der Waals surface area contributed by atoms with Crippen molar-refractivity contribution in [1.82, 2.24) is 0 Å². The average Bonchev–Trinajstić information content (AvgIpc) is 2.96. The Morgan fingerprint density at radius 3 is 1.61 bits per heavy atom. The molecule has 0 atom stereocenters. The number of Topliss-reactive ketones (excluding diaryl/α,β-unsaturated/α-hetero) is 1. The van der Waals surface area contributed by atoms with Crippen molar-refractivity contribution in [2.24, 2.45) is 0 Å². The first-order chi connectivity index (χ1) is 18.8. The van der Waals surface area contributed by atoms with Crippen LogP contribution in [-0.2, 0) is 6.42 Å². The van der Waals surface area contributed by atoms with Crippen molar-refractivity contribution in [2.45, 2.75) is 109 Å². The largest absolute Gasteiger partial charge is 0.293 e. The number of carbonyl (C=O) groups excluding carboxylic acids is 1. The Kier molecular flexibility index (Phi) is 16.0. The van der Waals surface area contributed by atoms with Crippen LogP contribution in [0.25, 0.3) is 10.8 Å². The van der Waals surface area contributed by atoms with Crippen molar-refractivity contribution < 1.29 is 4.79 Å². The van der Waals surface area contributed by atoms with Crippen LogP contribution in [-0.4, -0.2) is 17.3 Å². The lowest BCUT2D eigenvalue weighted by Crippen LogP contribution is -2.02. The number of benzene rings is 3. The molecular formula is C36H50OS. The number of ketones is 1. The Hall–Kier alpha value is -2.06. The second kappa shape index (κ2) is 19.9. The van der Waals surface area contributed by atoms with E-state index in [1.54, 1.807) is 11.8 Å². The van der Waals surface area contributed by atoms with Gasteiger partial charge in [0.05, 0.1) is 5.75 Å². The number of rotatable bonds is 22. The van der Waals surface area contributed by atoms with Gasteiger partial charge in [0, 0.05) is 5.56 Å². The number of carbonyl (C=O) groups is 1. The molecule has 0 saturated carbocycles. The SMILES string of the molecule is O=C(CSCCCCCCCCCCCCCCCCCCc1ccc2ccccc2c1)c1ccccc1. The van der Waals surface area contributed by atoms with Crippen molar-refractivity contribution in [3.63, 3.8) is 0 Å². The second-order valence-corrected chi connectivity index (χ2v) is 12.0. The van der Waals surface area contributed by atoms with Crippen LogP contribution < -0.4 is 0 Å². The third-order valence-electron chi connectivity index (χ3n) is 7.65. The molecule has 3 rings (SSSR count). The minimum Gasteiger partial charge on any atom is -0.293 e. The van der Waals surface area contributed by atoms with Gasteiger partial charge in [-0.2, -0.15) is 11.8 Å². The molecule has 1 nitrogen and oxygen atoms in total. The molecule has 0 heterocycles. The van der Waals surface area contributed by atoms with Gasteiger partial charge in [-0.3, -0.25) is 4.79 Å². The van der Waals surface area contributed by atoms with Crippen LogP contribution in [0.3, 0.4) is 0 Å². The van der Waals surface area contributed by atoms with E-state index in [-0.39, 0.29) is 5.78 Å². The lowest BCUT2D eigenvalue weighted by molar-refractivity contribution is 0.102. The number of aryl methyl sites for hydroxylation is 1. The van der Waals surface area contributed by atoms with E-state index in [9.17, 15) is 4.79 Å². The fourth-order valence-electron chi connectivity index (χ4n) is 5.27. The van der Waals surface area contributed by atoms with Crippen LogP contribution in [0.1, 0.15) is 119 Å². The molecule has 2 heteroatoms. The maximum absolute atomic E-state index is 12.1. The van der Waals surface area contributed by atoms with E-state index in [1.165, 1.54) is 125 Å². The minimum absolute atomic E-state index is 0.263. The summed E-state index contributed by atoms with van der Waals surface area (Å²) >= 11 is 1.79. The molecule has 0 aliphatic carbocycles. The van der Waals surface area contributed by atoms with Crippen LogP contribution in [0.4, 0.5) is 0 Å². The zero-order chi connectivity index (χ0) is 26.5. The molecule has 0 unspecified atom stereocenters. The number of thioether (sulfide) groups is 1. The van der Waals surface area contributed by atoms with E-state index in [0.29, 0.717) is 5.75 Å². The van der Waals surface area contributed by atoms with Gasteiger partial charge in [0.15, 0.2) is 5.78 Å². The van der Waals surface area contributed by atoms with Crippen molar-refractivity contribution >= 4 is 28.3 Å². The molecule has 0 saturated heterocycles. The van der Waals surface area contributed by atoms with Crippen LogP contribution in [0.15, 0.2) is 72.8 Å². The second-order valence-electron chi connectivity index (χ2n) is 10.9. The molecule has 0 aromatic heterocycles. The summed E-state index contributed by atoms with van der Waals surface area (Å²) in [6.07, 6.45) is 23.4. The molecule has 3 aromatic rings. The molecule has 0 N–H and O–H groups in total. The van der Waals surface area contributed by atoms with Gasteiger partial charge in [0.2, 0.25) is 0 Å². The molecule has 206 valence electrons. The van der Waals surface area contributed by atoms with Crippen molar-refractivity contribution in [3.05, 3.63) is 83.9 Å². The molecule has 0 bridgehead atoms. The monoisotopic (exact) mass is 530 g/mol. The van der Waals surface area contributed by atoms with Gasteiger partial charge >= 0.3 is 0 Å². The Balaban J connectivity index is 1.00. The third kappa shape index (κ3) is 13.1. The molecular weight excluding hydrogens is 480 g/mol. The molecule has 0 radical (unpaired) electrons. The number of hydrogen-bond acceptors (Lipinski definition) is 2. The van der Waals surface area contributed by atoms with Gasteiger partial charge in [0.25, 0.3) is 0 Å². The fraction of sp³-hybridized carbons (Fsp3) is 0.528. The Labute approximate surface area is 237 Å². The van der Waals surface area contributed by atoms with Crippen molar-refractivity contribution in [1.29, 1.82) is 0 Å². The highest BCUT2D eigenvalue weighted by atomic mass is 32.2. The van der Waals surface area contributed by atoms with Crippen molar-refractivity contribution in [2.75, 3.05) is 11.5 Å². The predicted octanol–water partition coefficient (Wildman–Crippen LogP) is 11.2. The normalized spacial score (nSPS) is 11.3. The summed E-state index contributed by atoms with van der Waals surface area (Å²) in [5, 5.41) is 2.73. The zero-order valence-corrected chi connectivity index (χ0v) is 24.5. The van der Waals surface area contributed by atoms with E-state index in [0.717, 1.165) is 11.3 Å². The van der Waals surface area contributed by atoms with Crippen molar-refractivity contribution in [3.8, 4) is 0 Å². The summed E-state index contributed by atoms with van der Waals surface area (Å²) in [7, 11) is 0. The summed E-state index contributed by atoms with van der Waals surface area (Å²) in [6.45, 7) is 0. The number of hydrogen-bond donors (Lipinski definition) is 0. The average molecular weight is 531 g/mol. The first-order valence-corrected chi connectivity index (χ1v) is 16.6. The smallest absolute Gasteiger partial charge is 0.172 e. The van der Waals surface area contributed by atoms with Gasteiger partial charge in [-0.1, -0.05) is 163 Å². The quantitative estimate of drug-likeness (QED) is 0.0949. The number of fused-ring (bicyclic) bond motifs is 1. The summed E-state index contributed by atoms with van der Waals surface area (Å²) in [5.74, 6) is 2.00. The summed E-state index contributed by atoms with van der Waals surface area (Å²) < 4.78 is 0. The lowest BCUT2D eigenvalue weighted by Gasteiger charge is -2.05. The highest BCUT2D eigenvalue weighted by molar-refractivity contribution is 7.99. The van der Waals surface area contributed by atoms with Crippen LogP contribution >= 0.6 is 11.8 Å². The van der Waals surface area contributed by atoms with E-state index in [4.69, 9.17) is 0 Å². The van der Waals surface area contributed by atoms with E-state index >= 15 is 0 Å². The highest BCUT2D eigenvalue weighted by Crippen LogP contribution is 2.18. The molecule has 0 fully saturated rings. The molecule has 3 aromatic carbocycles. The topological polar surface area (TPSA) is 17.1 Å². The summed E-state index contributed by atoms with van der Waals surface area (Å²) in [6, 6.07) is 25.3. The van der Waals surface area contributed by atoms with Crippen LogP contribution in [0.5, 0.6) is 0 Å². The molecule has 38 heavy (non-hydrogen) atoms. The van der Waals surface area contributed by atoms with Gasteiger partial charge in [0.1, 0.15) is 0 Å². The summed E-state index contributed by atoms with van der Waals surface area (Å²) in [4.78, 5) is 12.1. The Morgan fingerprint density at radius 1 is 0.500 bits per heavy atom. The first kappa shape index (κ1) is 30.5. The highest BCUT2D eigenvalue weighted by Gasteiger charge is 2.04. The first-order valence-electron chi connectivity index (χ1n) is 15.5. The molecule has 0 amide bonds. The fourth-order valence-corrected chi connectivity index (χ4v) is 6.18. The predicted molar refractivity (Wildman–Crippen MR) is 170 cm³/mol. The Bertz CT molecular complexity index is 1010. The van der Waals surface area contributed by atoms with E-state index in [1.807, 2.05) is 30.3 Å². The maximum atomic E-state index is 12.1. The van der Waals surface area contributed by atoms with Crippen LogP contribution in [0.2, 0.25) is 0 Å². The van der Waals surface area contributed by atoms with Gasteiger partial charge in [-0.25, -0.2) is 0 Å². The maximum Gasteiger partial charge on any atom is 0.172 e. The Morgan fingerprint density at radius 2 is 1.00 bits per heavy atom. The third-order valence-corrected chi connectivity index (χ3v) is 8.69. The van der Waals surface area contributed by atoms with E-state index in [2.05, 4.69) is 42.5 Å². The standard InChI is InChI=1S/C36H50OS/c37-36(34-24-17-15-18-25-34)31-38-29-21-14-12-10-8-6-4-2-1-3-5-7-9-11-13-16-22-32-27-28-33-23-19-20-26-35(33)30-32/h15,17-20,23-28,30H,1-14,16,21-22,29,31H2. The molecule has 0 aliphatic heterocycles. The van der Waals surface area contributed by atoms with E-state index < -0.39 is 0 Å².